The number of hydrogen-bond acceptors (Lipinski definition) is 4. The molecule has 1 fully saturated rings. The molecule has 0 unspecified atom stereocenters. The first-order valence-corrected chi connectivity index (χ1v) is 11.0. The molecule has 0 saturated carbocycles. The van der Waals surface area contributed by atoms with Crippen molar-refractivity contribution < 1.29 is 19.2 Å². The highest BCUT2D eigenvalue weighted by atomic mass is 35.5. The molecule has 1 aliphatic heterocycles. The van der Waals surface area contributed by atoms with Crippen molar-refractivity contribution in [2.75, 3.05) is 0 Å². The van der Waals surface area contributed by atoms with Crippen LogP contribution in [0.1, 0.15) is 46.9 Å². The summed E-state index contributed by atoms with van der Waals surface area (Å²) in [6, 6.07) is 13.7. The predicted octanol–water partition coefficient (Wildman–Crippen LogP) is 4.31. The maximum absolute atomic E-state index is 13.6. The molecule has 3 amide bonds. The van der Waals surface area contributed by atoms with Crippen molar-refractivity contribution in [1.29, 1.82) is 0 Å². The van der Waals surface area contributed by atoms with Gasteiger partial charge in [-0.1, -0.05) is 61.0 Å². The van der Waals surface area contributed by atoms with Gasteiger partial charge in [-0.25, -0.2) is 5.01 Å². The Morgan fingerprint density at radius 1 is 0.938 bits per heavy atom. The van der Waals surface area contributed by atoms with E-state index in [1.54, 1.807) is 49.4 Å². The van der Waals surface area contributed by atoms with Gasteiger partial charge in [0.15, 0.2) is 5.78 Å². The smallest absolute Gasteiger partial charge is 0.273 e. The number of halogens is 1. The van der Waals surface area contributed by atoms with E-state index in [-0.39, 0.29) is 17.8 Å². The second-order valence-corrected chi connectivity index (χ2v) is 8.39. The van der Waals surface area contributed by atoms with Gasteiger partial charge < -0.3 is 0 Å². The number of fused-ring (bicyclic) bond motifs is 1. The lowest BCUT2D eigenvalue weighted by Crippen LogP contribution is -2.57. The van der Waals surface area contributed by atoms with Gasteiger partial charge in [0, 0.05) is 16.1 Å². The topological polar surface area (TPSA) is 74.8 Å². The van der Waals surface area contributed by atoms with Gasteiger partial charge in [0.05, 0.1) is 11.8 Å². The number of Topliss-reactive ketones (excluding diaryl/α,β-unsaturated/α-hetero) is 1. The van der Waals surface area contributed by atoms with E-state index in [1.165, 1.54) is 12.1 Å². The summed E-state index contributed by atoms with van der Waals surface area (Å²) in [7, 11) is 0. The molecule has 4 rings (SSSR count). The quantitative estimate of drug-likeness (QED) is 0.373. The molecule has 2 aromatic carbocycles. The summed E-state index contributed by atoms with van der Waals surface area (Å²) in [5.74, 6) is -2.83. The number of ketones is 1. The highest BCUT2D eigenvalue weighted by Crippen LogP contribution is 2.37. The SMILES string of the molecule is CC[C@H](C(=O)c1ccccc1)N(C(=O)c1ccc(Cl)cc1)N1C(=O)[C@H]2CC=CC[C@@H]2C1=O. The minimum Gasteiger partial charge on any atom is -0.292 e. The minimum atomic E-state index is -1.01. The average Bonchev–Trinajstić information content (AvgIpc) is 3.08. The fourth-order valence-corrected chi connectivity index (χ4v) is 4.48. The number of hydrogen-bond donors (Lipinski definition) is 0. The third-order valence-corrected chi connectivity index (χ3v) is 6.29. The Bertz CT molecular complexity index is 1050. The Morgan fingerprint density at radius 2 is 1.50 bits per heavy atom. The Kier molecular flexibility index (Phi) is 6.24. The molecule has 0 N–H and O–H groups in total. The van der Waals surface area contributed by atoms with Gasteiger partial charge in [-0.3, -0.25) is 19.2 Å². The van der Waals surface area contributed by atoms with Crippen LogP contribution in [0.3, 0.4) is 0 Å². The number of rotatable bonds is 6. The summed E-state index contributed by atoms with van der Waals surface area (Å²) >= 11 is 5.97. The van der Waals surface area contributed by atoms with Crippen LogP contribution in [0.15, 0.2) is 66.7 Å². The fraction of sp³-hybridized carbons (Fsp3) is 0.280. The molecular weight excluding hydrogens is 428 g/mol. The zero-order valence-corrected chi connectivity index (χ0v) is 18.4. The molecule has 0 radical (unpaired) electrons. The third kappa shape index (κ3) is 3.86. The lowest BCUT2D eigenvalue weighted by Gasteiger charge is -2.36. The first kappa shape index (κ1) is 22.0. The molecular formula is C25H23ClN2O4. The van der Waals surface area contributed by atoms with E-state index in [9.17, 15) is 19.2 Å². The van der Waals surface area contributed by atoms with Crippen LogP contribution < -0.4 is 0 Å². The summed E-state index contributed by atoms with van der Waals surface area (Å²) < 4.78 is 0. The van der Waals surface area contributed by atoms with E-state index in [0.29, 0.717) is 23.4 Å². The molecule has 1 saturated heterocycles. The number of imide groups is 1. The van der Waals surface area contributed by atoms with Crippen molar-refractivity contribution in [3.05, 3.63) is 82.9 Å². The van der Waals surface area contributed by atoms with E-state index in [1.807, 2.05) is 12.2 Å². The van der Waals surface area contributed by atoms with Gasteiger partial charge >= 0.3 is 0 Å². The number of benzene rings is 2. The van der Waals surface area contributed by atoms with Crippen molar-refractivity contribution in [3.63, 3.8) is 0 Å². The summed E-state index contributed by atoms with van der Waals surface area (Å²) in [6.07, 6.45) is 4.88. The predicted molar refractivity (Wildman–Crippen MR) is 120 cm³/mol. The highest BCUT2D eigenvalue weighted by Gasteiger charge is 2.52. The second kappa shape index (κ2) is 9.09. The van der Waals surface area contributed by atoms with Crippen LogP contribution >= 0.6 is 11.6 Å². The molecule has 0 aromatic heterocycles. The number of nitrogens with zero attached hydrogens (tertiary/aromatic N) is 2. The van der Waals surface area contributed by atoms with Crippen LogP contribution in [0.25, 0.3) is 0 Å². The molecule has 32 heavy (non-hydrogen) atoms. The molecule has 2 aliphatic rings. The molecule has 0 bridgehead atoms. The third-order valence-electron chi connectivity index (χ3n) is 6.04. The minimum absolute atomic E-state index is 0.234. The normalized spacial score (nSPS) is 20.8. The van der Waals surface area contributed by atoms with Gasteiger partial charge in [0.2, 0.25) is 0 Å². The maximum Gasteiger partial charge on any atom is 0.273 e. The van der Waals surface area contributed by atoms with E-state index in [4.69, 9.17) is 11.6 Å². The summed E-state index contributed by atoms with van der Waals surface area (Å²) in [5.41, 5.74) is 0.647. The standard InChI is InChI=1S/C25H23ClN2O4/c1-2-21(22(29)16-8-4-3-5-9-16)27(23(30)17-12-14-18(26)15-13-17)28-24(31)19-10-6-7-11-20(19)25(28)32/h3-9,12-15,19-21H,2,10-11H2,1H3/t19-,20-,21+/m0/s1. The second-order valence-electron chi connectivity index (χ2n) is 7.96. The fourth-order valence-electron chi connectivity index (χ4n) is 4.36. The van der Waals surface area contributed by atoms with Crippen molar-refractivity contribution in [1.82, 2.24) is 10.0 Å². The molecule has 3 atom stereocenters. The van der Waals surface area contributed by atoms with Gasteiger partial charge in [0.1, 0.15) is 6.04 Å². The van der Waals surface area contributed by atoms with Crippen LogP contribution in [0, 0.1) is 11.8 Å². The van der Waals surface area contributed by atoms with E-state index < -0.39 is 35.6 Å². The zero-order chi connectivity index (χ0) is 22.8. The van der Waals surface area contributed by atoms with Crippen molar-refractivity contribution in [2.24, 2.45) is 11.8 Å². The van der Waals surface area contributed by atoms with E-state index in [2.05, 4.69) is 0 Å². The van der Waals surface area contributed by atoms with Gasteiger partial charge in [0.25, 0.3) is 17.7 Å². The van der Waals surface area contributed by atoms with E-state index >= 15 is 0 Å². The Morgan fingerprint density at radius 3 is 2.03 bits per heavy atom. The number of amides is 3. The lowest BCUT2D eigenvalue weighted by molar-refractivity contribution is -0.156. The monoisotopic (exact) mass is 450 g/mol. The Labute approximate surface area is 191 Å². The Balaban J connectivity index is 1.78. The summed E-state index contributed by atoms with van der Waals surface area (Å²) in [4.78, 5) is 53.7. The largest absolute Gasteiger partial charge is 0.292 e. The van der Waals surface area contributed by atoms with E-state index in [0.717, 1.165) is 10.0 Å². The lowest BCUT2D eigenvalue weighted by atomic mass is 9.85. The van der Waals surface area contributed by atoms with Crippen LogP contribution in [-0.2, 0) is 9.59 Å². The van der Waals surface area contributed by atoms with Crippen LogP contribution in [0.5, 0.6) is 0 Å². The molecule has 1 heterocycles. The first-order valence-electron chi connectivity index (χ1n) is 10.6. The number of hydrazine groups is 1. The number of allylic oxidation sites excluding steroid dienone is 2. The van der Waals surface area contributed by atoms with Crippen molar-refractivity contribution in [2.45, 2.75) is 32.2 Å². The molecule has 164 valence electrons. The van der Waals surface area contributed by atoms with Gasteiger partial charge in [-0.05, 0) is 43.5 Å². The average molecular weight is 451 g/mol. The maximum atomic E-state index is 13.6. The Hall–Kier alpha value is -3.25. The molecule has 6 nitrogen and oxygen atoms in total. The van der Waals surface area contributed by atoms with Crippen LogP contribution in [0.4, 0.5) is 0 Å². The number of carbonyl (C=O) groups excluding carboxylic acids is 4. The summed E-state index contributed by atoms with van der Waals surface area (Å²) in [5, 5.41) is 2.45. The zero-order valence-electron chi connectivity index (χ0n) is 17.6. The molecule has 2 aromatic rings. The molecule has 7 heteroatoms. The van der Waals surface area contributed by atoms with Crippen molar-refractivity contribution in [3.8, 4) is 0 Å². The van der Waals surface area contributed by atoms with Gasteiger partial charge in [-0.15, -0.1) is 0 Å². The van der Waals surface area contributed by atoms with Crippen molar-refractivity contribution >= 4 is 35.1 Å². The molecule has 0 spiro atoms. The molecule has 1 aliphatic carbocycles. The highest BCUT2D eigenvalue weighted by molar-refractivity contribution is 6.30. The van der Waals surface area contributed by atoms with Crippen LogP contribution in [-0.4, -0.2) is 39.6 Å². The first-order chi connectivity index (χ1) is 15.4. The number of carbonyl (C=O) groups is 4. The van der Waals surface area contributed by atoms with Crippen LogP contribution in [0.2, 0.25) is 5.02 Å². The van der Waals surface area contributed by atoms with Gasteiger partial charge in [-0.2, -0.15) is 5.01 Å². The summed E-state index contributed by atoms with van der Waals surface area (Å²) in [6.45, 7) is 1.76.